The second kappa shape index (κ2) is 5.19. The summed E-state index contributed by atoms with van der Waals surface area (Å²) in [7, 11) is 1.78. The standard InChI is InChI=1S/C11H10N4O3S/c1-7(16)9-5-8(15(17)18)3-4-10(9)19-11-13-12-6-14(11)2/h3-6H,1-2H3. The van der Waals surface area contributed by atoms with Crippen molar-refractivity contribution in [2.45, 2.75) is 17.0 Å². The zero-order chi connectivity index (χ0) is 14.0. The number of ketones is 1. The number of non-ortho nitro benzene ring substituents is 1. The highest BCUT2D eigenvalue weighted by Gasteiger charge is 2.16. The molecule has 0 aliphatic carbocycles. The van der Waals surface area contributed by atoms with Gasteiger partial charge in [0, 0.05) is 29.6 Å². The Kier molecular flexibility index (Phi) is 3.61. The third-order valence-corrected chi connectivity index (χ3v) is 3.55. The molecule has 0 bridgehead atoms. The molecular formula is C11H10N4O3S. The summed E-state index contributed by atoms with van der Waals surface area (Å²) in [5, 5.41) is 19.0. The Bertz CT molecular complexity index is 653. The van der Waals surface area contributed by atoms with Crippen LogP contribution in [0.15, 0.2) is 34.6 Å². The normalized spacial score (nSPS) is 10.4. The first kappa shape index (κ1) is 13.2. The smallest absolute Gasteiger partial charge is 0.270 e. The van der Waals surface area contributed by atoms with Gasteiger partial charge in [-0.3, -0.25) is 14.9 Å². The van der Waals surface area contributed by atoms with Gasteiger partial charge in [-0.15, -0.1) is 10.2 Å². The SMILES string of the molecule is CC(=O)c1cc([N+](=O)[O-])ccc1Sc1nncn1C. The van der Waals surface area contributed by atoms with Crippen molar-refractivity contribution in [3.8, 4) is 0 Å². The highest BCUT2D eigenvalue weighted by atomic mass is 32.2. The fourth-order valence-electron chi connectivity index (χ4n) is 1.46. The van der Waals surface area contributed by atoms with E-state index in [1.807, 2.05) is 0 Å². The number of aryl methyl sites for hydroxylation is 1. The summed E-state index contributed by atoms with van der Waals surface area (Å²) in [6, 6.07) is 4.19. The van der Waals surface area contributed by atoms with Crippen molar-refractivity contribution in [2.75, 3.05) is 0 Å². The van der Waals surface area contributed by atoms with Gasteiger partial charge < -0.3 is 4.57 Å². The summed E-state index contributed by atoms with van der Waals surface area (Å²) in [5.41, 5.74) is 0.203. The minimum Gasteiger partial charge on any atom is -0.311 e. The number of nitro benzene ring substituents is 1. The minimum absolute atomic E-state index is 0.104. The van der Waals surface area contributed by atoms with E-state index in [4.69, 9.17) is 0 Å². The van der Waals surface area contributed by atoms with E-state index in [1.54, 1.807) is 24.0 Å². The van der Waals surface area contributed by atoms with Gasteiger partial charge in [0.2, 0.25) is 0 Å². The predicted octanol–water partition coefficient (Wildman–Crippen LogP) is 2.08. The van der Waals surface area contributed by atoms with E-state index in [9.17, 15) is 14.9 Å². The van der Waals surface area contributed by atoms with E-state index in [-0.39, 0.29) is 11.5 Å². The number of rotatable bonds is 4. The molecule has 0 atom stereocenters. The minimum atomic E-state index is -0.525. The summed E-state index contributed by atoms with van der Waals surface area (Å²) in [6.07, 6.45) is 1.54. The molecule has 8 heteroatoms. The maximum Gasteiger partial charge on any atom is 0.270 e. The fourth-order valence-corrected chi connectivity index (χ4v) is 2.38. The third kappa shape index (κ3) is 2.79. The quantitative estimate of drug-likeness (QED) is 0.483. The topological polar surface area (TPSA) is 90.9 Å². The molecule has 1 aromatic heterocycles. The van der Waals surface area contributed by atoms with E-state index in [1.165, 1.54) is 30.8 Å². The number of carbonyl (C=O) groups is 1. The Labute approximate surface area is 112 Å². The van der Waals surface area contributed by atoms with Crippen molar-refractivity contribution in [2.24, 2.45) is 7.05 Å². The monoisotopic (exact) mass is 278 g/mol. The van der Waals surface area contributed by atoms with E-state index in [0.717, 1.165) is 0 Å². The molecule has 2 aromatic rings. The lowest BCUT2D eigenvalue weighted by molar-refractivity contribution is -0.384. The average molecular weight is 278 g/mol. The highest BCUT2D eigenvalue weighted by molar-refractivity contribution is 7.99. The lowest BCUT2D eigenvalue weighted by Crippen LogP contribution is -1.99. The van der Waals surface area contributed by atoms with Crippen LogP contribution in [0.5, 0.6) is 0 Å². The van der Waals surface area contributed by atoms with Gasteiger partial charge in [0.1, 0.15) is 6.33 Å². The first-order valence-electron chi connectivity index (χ1n) is 5.30. The summed E-state index contributed by atoms with van der Waals surface area (Å²) >= 11 is 1.24. The molecule has 0 fully saturated rings. The first-order valence-corrected chi connectivity index (χ1v) is 6.12. The maximum atomic E-state index is 11.6. The van der Waals surface area contributed by atoms with Crippen LogP contribution in [0.3, 0.4) is 0 Å². The van der Waals surface area contributed by atoms with Crippen molar-refractivity contribution in [1.29, 1.82) is 0 Å². The second-order valence-electron chi connectivity index (χ2n) is 3.82. The molecule has 0 radical (unpaired) electrons. The van der Waals surface area contributed by atoms with Crippen LogP contribution in [0.25, 0.3) is 0 Å². The molecule has 0 aliphatic rings. The molecule has 1 heterocycles. The number of hydrogen-bond acceptors (Lipinski definition) is 6. The van der Waals surface area contributed by atoms with Gasteiger partial charge in [-0.05, 0) is 24.8 Å². The van der Waals surface area contributed by atoms with E-state index >= 15 is 0 Å². The Balaban J connectivity index is 2.43. The van der Waals surface area contributed by atoms with Crippen LogP contribution < -0.4 is 0 Å². The van der Waals surface area contributed by atoms with Crippen LogP contribution in [0.1, 0.15) is 17.3 Å². The molecular weight excluding hydrogens is 268 g/mol. The molecule has 0 saturated heterocycles. The van der Waals surface area contributed by atoms with Gasteiger partial charge in [0.25, 0.3) is 5.69 Å². The van der Waals surface area contributed by atoms with Gasteiger partial charge in [0.05, 0.1) is 4.92 Å². The predicted molar refractivity (Wildman–Crippen MR) is 68.2 cm³/mol. The lowest BCUT2D eigenvalue weighted by atomic mass is 10.1. The molecule has 1 aromatic carbocycles. The summed E-state index contributed by atoms with van der Waals surface area (Å²) < 4.78 is 1.70. The van der Waals surface area contributed by atoms with E-state index in [0.29, 0.717) is 15.6 Å². The number of aromatic nitrogens is 3. The number of carbonyl (C=O) groups excluding carboxylic acids is 1. The average Bonchev–Trinajstić information content (AvgIpc) is 2.75. The Hall–Kier alpha value is -2.22. The molecule has 0 N–H and O–H groups in total. The van der Waals surface area contributed by atoms with Gasteiger partial charge in [-0.1, -0.05) is 0 Å². The molecule has 0 spiro atoms. The molecule has 98 valence electrons. The number of hydrogen-bond donors (Lipinski definition) is 0. The Morgan fingerprint density at radius 1 is 1.47 bits per heavy atom. The van der Waals surface area contributed by atoms with Crippen molar-refractivity contribution in [3.05, 3.63) is 40.2 Å². The van der Waals surface area contributed by atoms with Crippen LogP contribution in [0, 0.1) is 10.1 Å². The van der Waals surface area contributed by atoms with Crippen LogP contribution in [-0.4, -0.2) is 25.5 Å². The summed E-state index contributed by atoms with van der Waals surface area (Å²) in [6.45, 7) is 1.37. The largest absolute Gasteiger partial charge is 0.311 e. The number of nitrogens with zero attached hydrogens (tertiary/aromatic N) is 4. The number of nitro groups is 1. The van der Waals surface area contributed by atoms with Crippen LogP contribution in [0.2, 0.25) is 0 Å². The van der Waals surface area contributed by atoms with E-state index in [2.05, 4.69) is 10.2 Å². The Morgan fingerprint density at radius 2 is 2.21 bits per heavy atom. The van der Waals surface area contributed by atoms with Crippen LogP contribution in [0.4, 0.5) is 5.69 Å². The van der Waals surface area contributed by atoms with Gasteiger partial charge in [-0.2, -0.15) is 0 Å². The maximum absolute atomic E-state index is 11.6. The van der Waals surface area contributed by atoms with Gasteiger partial charge >= 0.3 is 0 Å². The van der Waals surface area contributed by atoms with Crippen molar-refractivity contribution in [3.63, 3.8) is 0 Å². The highest BCUT2D eigenvalue weighted by Crippen LogP contribution is 2.31. The molecule has 0 unspecified atom stereocenters. The number of Topliss-reactive ketones (excluding diaryl/α,β-unsaturated/α-hetero) is 1. The zero-order valence-corrected chi connectivity index (χ0v) is 11.0. The fraction of sp³-hybridized carbons (Fsp3) is 0.182. The molecule has 0 amide bonds. The van der Waals surface area contributed by atoms with E-state index < -0.39 is 4.92 Å². The summed E-state index contributed by atoms with van der Waals surface area (Å²) in [4.78, 5) is 22.4. The van der Waals surface area contributed by atoms with Crippen molar-refractivity contribution in [1.82, 2.24) is 14.8 Å². The molecule has 0 aliphatic heterocycles. The van der Waals surface area contributed by atoms with Gasteiger partial charge in [-0.25, -0.2) is 0 Å². The molecule has 7 nitrogen and oxygen atoms in total. The van der Waals surface area contributed by atoms with Gasteiger partial charge in [0.15, 0.2) is 10.9 Å². The zero-order valence-electron chi connectivity index (χ0n) is 10.2. The van der Waals surface area contributed by atoms with Crippen LogP contribution >= 0.6 is 11.8 Å². The second-order valence-corrected chi connectivity index (χ2v) is 4.83. The summed E-state index contributed by atoms with van der Waals surface area (Å²) in [5.74, 6) is -0.228. The van der Waals surface area contributed by atoms with Crippen LogP contribution in [-0.2, 0) is 7.05 Å². The third-order valence-electron chi connectivity index (χ3n) is 2.42. The van der Waals surface area contributed by atoms with Crippen molar-refractivity contribution >= 4 is 23.2 Å². The lowest BCUT2D eigenvalue weighted by Gasteiger charge is -2.05. The molecule has 19 heavy (non-hydrogen) atoms. The first-order chi connectivity index (χ1) is 8.99. The van der Waals surface area contributed by atoms with Crippen molar-refractivity contribution < 1.29 is 9.72 Å². The Morgan fingerprint density at radius 3 is 2.74 bits per heavy atom. The number of benzene rings is 1. The molecule has 0 saturated carbocycles. The molecule has 2 rings (SSSR count).